The lowest BCUT2D eigenvalue weighted by Gasteiger charge is -2.33. The van der Waals surface area contributed by atoms with E-state index in [-0.39, 0.29) is 24.3 Å². The Hall–Kier alpha value is -2.77. The first kappa shape index (κ1) is 17.1. The van der Waals surface area contributed by atoms with Crippen molar-refractivity contribution in [2.45, 2.75) is 18.9 Å². The third-order valence-electron chi connectivity index (χ3n) is 3.87. The summed E-state index contributed by atoms with van der Waals surface area (Å²) in [6, 6.07) is 4.64. The van der Waals surface area contributed by atoms with Crippen molar-refractivity contribution in [2.75, 3.05) is 24.6 Å². The molecule has 0 bridgehead atoms. The molecule has 1 aromatic carbocycles. The highest BCUT2D eigenvalue weighted by atomic mass is 19.1. The molecule has 1 fully saturated rings. The normalized spacial score (nSPS) is 17.2. The number of nitrogens with zero attached hydrogens (tertiary/aromatic N) is 3. The number of hydrogen-bond donors (Lipinski definition) is 1. The number of aromatic nitrogens is 2. The van der Waals surface area contributed by atoms with Gasteiger partial charge in [0.25, 0.3) is 5.91 Å². The summed E-state index contributed by atoms with van der Waals surface area (Å²) in [5, 5.41) is 2.86. The average Bonchev–Trinajstić information content (AvgIpc) is 2.62. The van der Waals surface area contributed by atoms with Crippen LogP contribution in [0.1, 0.15) is 12.8 Å². The summed E-state index contributed by atoms with van der Waals surface area (Å²) in [5.74, 6) is -1.41. The number of carbonyl (C=O) groups is 1. The maximum Gasteiger partial charge on any atom is 0.258 e. The van der Waals surface area contributed by atoms with Crippen LogP contribution >= 0.6 is 0 Å². The van der Waals surface area contributed by atoms with E-state index in [4.69, 9.17) is 4.74 Å². The molecule has 3 rings (SSSR count). The lowest BCUT2D eigenvalue weighted by atomic mass is 10.1. The molecule has 6 nitrogen and oxygen atoms in total. The topological polar surface area (TPSA) is 67.3 Å². The summed E-state index contributed by atoms with van der Waals surface area (Å²) >= 11 is 0. The molecule has 2 aromatic rings. The van der Waals surface area contributed by atoms with Gasteiger partial charge in [-0.05, 0) is 31.0 Å². The monoisotopic (exact) mass is 348 g/mol. The Kier molecular flexibility index (Phi) is 5.37. The second-order valence-electron chi connectivity index (χ2n) is 5.76. The first-order chi connectivity index (χ1) is 12.1. The van der Waals surface area contributed by atoms with Crippen molar-refractivity contribution in [3.63, 3.8) is 0 Å². The quantitative estimate of drug-likeness (QED) is 0.894. The van der Waals surface area contributed by atoms with Crippen LogP contribution in [-0.2, 0) is 4.79 Å². The summed E-state index contributed by atoms with van der Waals surface area (Å²) in [4.78, 5) is 22.5. The van der Waals surface area contributed by atoms with Gasteiger partial charge in [0, 0.05) is 37.6 Å². The summed E-state index contributed by atoms with van der Waals surface area (Å²) in [5.41, 5.74) is 0. The number of nitrogens with one attached hydrogen (secondary N) is 1. The van der Waals surface area contributed by atoms with E-state index in [0.29, 0.717) is 18.6 Å². The van der Waals surface area contributed by atoms with E-state index < -0.39 is 11.6 Å². The summed E-state index contributed by atoms with van der Waals surface area (Å²) in [6.45, 7) is 1.09. The molecule has 1 aliphatic heterocycles. The van der Waals surface area contributed by atoms with Gasteiger partial charge in [0.1, 0.15) is 5.82 Å². The molecule has 0 aliphatic carbocycles. The molecule has 1 aromatic heterocycles. The number of ether oxygens (including phenoxy) is 1. The Balaban J connectivity index is 1.50. The number of carbonyl (C=O) groups excluding carboxylic acids is 1. The standard InChI is InChI=1S/C17H18F2N4O2/c18-12-4-5-15(14(19)9-12)25-11-16(24)22-13-3-1-8-23(10-13)17-20-6-2-7-21-17/h2,4-7,9,13H,1,3,8,10-11H2,(H,22,24)/t13-/m0/s1. The van der Waals surface area contributed by atoms with Crippen LogP contribution in [0.15, 0.2) is 36.7 Å². The summed E-state index contributed by atoms with van der Waals surface area (Å²) in [6.07, 6.45) is 5.09. The SMILES string of the molecule is O=C(COc1ccc(F)cc1F)N[C@H]1CCCN(c2ncccn2)C1. The van der Waals surface area contributed by atoms with Gasteiger partial charge in [-0.25, -0.2) is 18.7 Å². The van der Waals surface area contributed by atoms with E-state index in [1.165, 1.54) is 0 Å². The van der Waals surface area contributed by atoms with Crippen molar-refractivity contribution in [1.82, 2.24) is 15.3 Å². The largest absolute Gasteiger partial charge is 0.481 e. The van der Waals surface area contributed by atoms with Crippen LogP contribution in [0.3, 0.4) is 0 Å². The summed E-state index contributed by atoms with van der Waals surface area (Å²) < 4.78 is 31.4. The molecule has 132 valence electrons. The number of benzene rings is 1. The van der Waals surface area contributed by atoms with Crippen LogP contribution in [0.2, 0.25) is 0 Å². The fourth-order valence-electron chi connectivity index (χ4n) is 2.74. The van der Waals surface area contributed by atoms with Crippen LogP contribution in [0.4, 0.5) is 14.7 Å². The third-order valence-corrected chi connectivity index (χ3v) is 3.87. The fraction of sp³-hybridized carbons (Fsp3) is 0.353. The highest BCUT2D eigenvalue weighted by molar-refractivity contribution is 5.78. The van der Waals surface area contributed by atoms with Gasteiger partial charge in [0.2, 0.25) is 5.95 Å². The molecule has 0 unspecified atom stereocenters. The highest BCUT2D eigenvalue weighted by Gasteiger charge is 2.23. The second-order valence-corrected chi connectivity index (χ2v) is 5.76. The Bertz CT molecular complexity index is 730. The van der Waals surface area contributed by atoms with Crippen molar-refractivity contribution in [1.29, 1.82) is 0 Å². The molecule has 1 N–H and O–H groups in total. The zero-order valence-corrected chi connectivity index (χ0v) is 13.5. The minimum atomic E-state index is -0.835. The molecule has 0 spiro atoms. The highest BCUT2D eigenvalue weighted by Crippen LogP contribution is 2.18. The van der Waals surface area contributed by atoms with E-state index in [9.17, 15) is 13.6 Å². The smallest absolute Gasteiger partial charge is 0.258 e. The van der Waals surface area contributed by atoms with Crippen LogP contribution in [0.5, 0.6) is 5.75 Å². The van der Waals surface area contributed by atoms with Gasteiger partial charge >= 0.3 is 0 Å². The molecule has 8 heteroatoms. The Morgan fingerprint density at radius 2 is 2.12 bits per heavy atom. The first-order valence-electron chi connectivity index (χ1n) is 8.01. The molecule has 1 saturated heterocycles. The Morgan fingerprint density at radius 3 is 2.88 bits per heavy atom. The van der Waals surface area contributed by atoms with Crippen molar-refractivity contribution in [3.05, 3.63) is 48.3 Å². The first-order valence-corrected chi connectivity index (χ1v) is 8.01. The fourth-order valence-corrected chi connectivity index (χ4v) is 2.74. The van der Waals surface area contributed by atoms with E-state index in [2.05, 4.69) is 15.3 Å². The lowest BCUT2D eigenvalue weighted by Crippen LogP contribution is -2.49. The summed E-state index contributed by atoms with van der Waals surface area (Å²) in [7, 11) is 0. The molecular weight excluding hydrogens is 330 g/mol. The molecule has 1 atom stereocenters. The molecule has 1 aliphatic rings. The van der Waals surface area contributed by atoms with Gasteiger partial charge in [-0.3, -0.25) is 4.79 Å². The second kappa shape index (κ2) is 7.87. The van der Waals surface area contributed by atoms with Crippen LogP contribution in [0, 0.1) is 11.6 Å². The van der Waals surface area contributed by atoms with Crippen molar-refractivity contribution in [2.24, 2.45) is 0 Å². The van der Waals surface area contributed by atoms with E-state index in [0.717, 1.165) is 31.5 Å². The Morgan fingerprint density at radius 1 is 1.32 bits per heavy atom. The molecule has 0 radical (unpaired) electrons. The van der Waals surface area contributed by atoms with Crippen molar-refractivity contribution >= 4 is 11.9 Å². The minimum Gasteiger partial charge on any atom is -0.481 e. The van der Waals surface area contributed by atoms with E-state index in [1.807, 2.05) is 4.90 Å². The predicted molar refractivity (Wildman–Crippen MR) is 87.3 cm³/mol. The van der Waals surface area contributed by atoms with Crippen molar-refractivity contribution in [3.8, 4) is 5.75 Å². The molecule has 25 heavy (non-hydrogen) atoms. The van der Waals surface area contributed by atoms with Gasteiger partial charge in [0.15, 0.2) is 18.2 Å². The van der Waals surface area contributed by atoms with Crippen LogP contribution < -0.4 is 15.0 Å². The van der Waals surface area contributed by atoms with Gasteiger partial charge < -0.3 is 15.0 Å². The van der Waals surface area contributed by atoms with Crippen LogP contribution in [0.25, 0.3) is 0 Å². The number of amides is 1. The lowest BCUT2D eigenvalue weighted by molar-refractivity contribution is -0.123. The van der Waals surface area contributed by atoms with E-state index in [1.54, 1.807) is 18.5 Å². The predicted octanol–water partition coefficient (Wildman–Crippen LogP) is 1.92. The number of anilines is 1. The molecule has 0 saturated carbocycles. The maximum absolute atomic E-state index is 13.5. The number of piperidine rings is 1. The van der Waals surface area contributed by atoms with Crippen LogP contribution in [-0.4, -0.2) is 41.6 Å². The number of hydrogen-bond acceptors (Lipinski definition) is 5. The van der Waals surface area contributed by atoms with Crippen molar-refractivity contribution < 1.29 is 18.3 Å². The van der Waals surface area contributed by atoms with E-state index >= 15 is 0 Å². The molecule has 1 amide bonds. The van der Waals surface area contributed by atoms with Gasteiger partial charge in [-0.2, -0.15) is 0 Å². The van der Waals surface area contributed by atoms with Gasteiger partial charge in [0.05, 0.1) is 0 Å². The zero-order chi connectivity index (χ0) is 17.6. The van der Waals surface area contributed by atoms with Gasteiger partial charge in [-0.1, -0.05) is 0 Å². The number of rotatable bonds is 5. The minimum absolute atomic E-state index is 0.0632. The third kappa shape index (κ3) is 4.62. The molecule has 2 heterocycles. The average molecular weight is 348 g/mol. The zero-order valence-electron chi connectivity index (χ0n) is 13.5. The Labute approximate surface area is 143 Å². The maximum atomic E-state index is 13.5. The van der Waals surface area contributed by atoms with Gasteiger partial charge in [-0.15, -0.1) is 0 Å². The number of halogens is 2. The molecular formula is C17H18F2N4O2.